The molecule has 0 aliphatic rings. The van der Waals surface area contributed by atoms with Gasteiger partial charge < -0.3 is 21.5 Å². The highest BCUT2D eigenvalue weighted by Gasteiger charge is 2.17. The van der Waals surface area contributed by atoms with Crippen molar-refractivity contribution >= 4 is 0 Å². The van der Waals surface area contributed by atoms with E-state index in [1.807, 2.05) is 0 Å². The largest absolute Gasteiger partial charge is 1.00 e. The smallest absolute Gasteiger partial charge is 0.0783 e. The molecule has 0 atom stereocenters. The monoisotopic (exact) mass is 223 g/mol. The van der Waals surface area contributed by atoms with Crippen LogP contribution in [0.1, 0.15) is 34.1 Å². The molecule has 0 spiro atoms. The molecule has 0 aliphatic heterocycles. The Morgan fingerprint density at radius 3 is 1.27 bits per heavy atom. The summed E-state index contributed by atoms with van der Waals surface area (Å²) in [6.45, 7) is 14.4. The van der Waals surface area contributed by atoms with Crippen LogP contribution in [0.4, 0.5) is 0 Å². The first-order chi connectivity index (χ1) is 4.74. The van der Waals surface area contributed by atoms with Crippen molar-refractivity contribution in [2.24, 2.45) is 0 Å². The second-order valence-electron chi connectivity index (χ2n) is 3.01. The van der Waals surface area contributed by atoms with Crippen LogP contribution in [0.15, 0.2) is 0 Å². The lowest BCUT2D eigenvalue weighted by molar-refractivity contribution is -0.923. The number of rotatable bonds is 5. The van der Waals surface area contributed by atoms with E-state index < -0.39 is 0 Å². The first-order valence-electron chi connectivity index (χ1n) is 4.59. The number of hydrogen-bond acceptors (Lipinski definition) is 0. The number of halogens is 1. The molecule has 11 heavy (non-hydrogen) atoms. The van der Waals surface area contributed by atoms with Gasteiger partial charge in [-0.2, -0.15) is 0 Å². The minimum Gasteiger partial charge on any atom is -1.00 e. The first kappa shape index (κ1) is 14.0. The predicted molar refractivity (Wildman–Crippen MR) is 47.0 cm³/mol. The summed E-state index contributed by atoms with van der Waals surface area (Å²) in [5, 5.41) is 0. The van der Waals surface area contributed by atoms with Crippen LogP contribution in [-0.2, 0) is 0 Å². The highest BCUT2D eigenvalue weighted by atomic mass is 79.9. The number of hydrogen-bond donors (Lipinski definition) is 0. The third kappa shape index (κ3) is 4.12. The maximum atomic E-state index is 2.29. The third-order valence-electron chi connectivity index (χ3n) is 2.71. The molecule has 0 fully saturated rings. The molecule has 0 N–H and O–H groups in total. The fourth-order valence-corrected chi connectivity index (χ4v) is 1.62. The summed E-state index contributed by atoms with van der Waals surface area (Å²) >= 11 is 0. The molecular formula is C9H22BrN. The van der Waals surface area contributed by atoms with Crippen molar-refractivity contribution in [3.63, 3.8) is 0 Å². The minimum absolute atomic E-state index is 0. The molecule has 70 valence electrons. The van der Waals surface area contributed by atoms with Gasteiger partial charge in [-0.25, -0.2) is 0 Å². The van der Waals surface area contributed by atoms with Gasteiger partial charge in [0.05, 0.1) is 26.2 Å². The topological polar surface area (TPSA) is 0 Å². The Morgan fingerprint density at radius 1 is 0.818 bits per heavy atom. The predicted octanol–water partition coefficient (Wildman–Crippen LogP) is -0.723. The molecule has 0 aromatic rings. The molecule has 0 saturated carbocycles. The van der Waals surface area contributed by atoms with Crippen molar-refractivity contribution in [3.8, 4) is 0 Å². The fraction of sp³-hybridized carbons (Fsp3) is 1.00. The van der Waals surface area contributed by atoms with Crippen LogP contribution in [-0.4, -0.2) is 30.7 Å². The average Bonchev–Trinajstić information content (AvgIpc) is 2.01. The molecule has 0 bridgehead atoms. The lowest BCUT2D eigenvalue weighted by atomic mass is 10.3. The molecule has 0 amide bonds. The normalized spacial score (nSPS) is 10.9. The Balaban J connectivity index is 0. The van der Waals surface area contributed by atoms with Gasteiger partial charge >= 0.3 is 0 Å². The molecule has 0 saturated heterocycles. The van der Waals surface area contributed by atoms with E-state index >= 15 is 0 Å². The van der Waals surface area contributed by atoms with Crippen LogP contribution in [0.5, 0.6) is 0 Å². The Bertz CT molecular complexity index is 71.4. The Morgan fingerprint density at radius 2 is 1.18 bits per heavy atom. The molecule has 0 unspecified atom stereocenters. The Hall–Kier alpha value is 0.440. The Kier molecular flexibility index (Phi) is 9.04. The van der Waals surface area contributed by atoms with Crippen LogP contribution >= 0.6 is 0 Å². The molecule has 0 rings (SSSR count). The molecule has 0 aromatic carbocycles. The van der Waals surface area contributed by atoms with Crippen LogP contribution in [0.3, 0.4) is 0 Å². The summed E-state index contributed by atoms with van der Waals surface area (Å²) in [6.07, 6.45) is 1.32. The average molecular weight is 224 g/mol. The van der Waals surface area contributed by atoms with Crippen LogP contribution in [0.25, 0.3) is 0 Å². The van der Waals surface area contributed by atoms with Crippen LogP contribution < -0.4 is 17.0 Å². The van der Waals surface area contributed by atoms with E-state index in [0.29, 0.717) is 0 Å². The molecule has 0 aromatic heterocycles. The van der Waals surface area contributed by atoms with Crippen molar-refractivity contribution < 1.29 is 21.5 Å². The zero-order valence-electron chi connectivity index (χ0n) is 8.36. The second-order valence-corrected chi connectivity index (χ2v) is 3.01. The summed E-state index contributed by atoms with van der Waals surface area (Å²) in [6, 6.07) is 0. The van der Waals surface area contributed by atoms with Crippen LogP contribution in [0, 0.1) is 0 Å². The fourth-order valence-electron chi connectivity index (χ4n) is 1.62. The third-order valence-corrected chi connectivity index (χ3v) is 2.71. The van der Waals surface area contributed by atoms with E-state index in [1.54, 1.807) is 0 Å². The van der Waals surface area contributed by atoms with Gasteiger partial charge in [-0.3, -0.25) is 0 Å². The minimum atomic E-state index is 0. The van der Waals surface area contributed by atoms with Crippen molar-refractivity contribution in [2.45, 2.75) is 34.1 Å². The van der Waals surface area contributed by atoms with Gasteiger partial charge in [-0.05, 0) is 27.2 Å². The van der Waals surface area contributed by atoms with Crippen molar-refractivity contribution in [1.29, 1.82) is 0 Å². The van der Waals surface area contributed by atoms with E-state index in [1.165, 1.54) is 37.1 Å². The SMILES string of the molecule is CCC[N+](CC)(CC)CC.[Br-]. The zero-order valence-corrected chi connectivity index (χ0v) is 9.95. The molecule has 0 heterocycles. The maximum absolute atomic E-state index is 2.29. The van der Waals surface area contributed by atoms with Gasteiger partial charge in [0.2, 0.25) is 0 Å². The van der Waals surface area contributed by atoms with E-state index in [4.69, 9.17) is 0 Å². The van der Waals surface area contributed by atoms with Gasteiger partial charge in [0, 0.05) is 0 Å². The molecule has 1 nitrogen and oxygen atoms in total. The van der Waals surface area contributed by atoms with E-state index in [9.17, 15) is 0 Å². The zero-order chi connectivity index (χ0) is 8.04. The Labute approximate surface area is 82.1 Å². The molecular weight excluding hydrogens is 202 g/mol. The number of nitrogens with zero attached hydrogens (tertiary/aromatic N) is 1. The molecule has 0 aliphatic carbocycles. The van der Waals surface area contributed by atoms with Crippen LogP contribution in [0.2, 0.25) is 0 Å². The maximum Gasteiger partial charge on any atom is 0.0783 e. The van der Waals surface area contributed by atoms with Gasteiger partial charge in [0.15, 0.2) is 0 Å². The summed E-state index contributed by atoms with van der Waals surface area (Å²) in [5.74, 6) is 0. The molecule has 0 radical (unpaired) electrons. The van der Waals surface area contributed by atoms with E-state index in [-0.39, 0.29) is 17.0 Å². The second kappa shape index (κ2) is 7.11. The highest BCUT2D eigenvalue weighted by molar-refractivity contribution is 4.35. The van der Waals surface area contributed by atoms with Crippen molar-refractivity contribution in [2.75, 3.05) is 26.2 Å². The summed E-state index contributed by atoms with van der Waals surface area (Å²) in [7, 11) is 0. The summed E-state index contributed by atoms with van der Waals surface area (Å²) < 4.78 is 1.30. The quantitative estimate of drug-likeness (QED) is 0.540. The number of quaternary nitrogens is 1. The van der Waals surface area contributed by atoms with E-state index in [2.05, 4.69) is 27.7 Å². The van der Waals surface area contributed by atoms with Gasteiger partial charge in [-0.1, -0.05) is 6.92 Å². The van der Waals surface area contributed by atoms with Gasteiger partial charge in [0.1, 0.15) is 0 Å². The highest BCUT2D eigenvalue weighted by Crippen LogP contribution is 2.06. The summed E-state index contributed by atoms with van der Waals surface area (Å²) in [5.41, 5.74) is 0. The van der Waals surface area contributed by atoms with Gasteiger partial charge in [-0.15, -0.1) is 0 Å². The van der Waals surface area contributed by atoms with E-state index in [0.717, 1.165) is 0 Å². The molecule has 2 heteroatoms. The van der Waals surface area contributed by atoms with Crippen molar-refractivity contribution in [1.82, 2.24) is 0 Å². The standard InChI is InChI=1S/C9H22N.BrH/c1-5-9-10(6-2,7-3)8-4;/h5-9H2,1-4H3;1H/q+1;/p-1. The lowest BCUT2D eigenvalue weighted by Crippen LogP contribution is -3.00. The summed E-state index contributed by atoms with van der Waals surface area (Å²) in [4.78, 5) is 0. The van der Waals surface area contributed by atoms with Gasteiger partial charge in [0.25, 0.3) is 0 Å². The van der Waals surface area contributed by atoms with Crippen molar-refractivity contribution in [3.05, 3.63) is 0 Å². The lowest BCUT2D eigenvalue weighted by Gasteiger charge is -2.35. The first-order valence-corrected chi connectivity index (χ1v) is 4.59.